The first-order valence-corrected chi connectivity index (χ1v) is 8.16. The largest absolute Gasteiger partial charge is 0.497 e. The first-order valence-electron chi connectivity index (χ1n) is 7.36. The summed E-state index contributed by atoms with van der Waals surface area (Å²) in [5.41, 5.74) is 1.30. The molecular weight excluding hydrogens is 316 g/mol. The molecule has 1 N–H and O–H groups in total. The van der Waals surface area contributed by atoms with Gasteiger partial charge in [0.15, 0.2) is 0 Å². The Bertz CT molecular complexity index is 436. The van der Waals surface area contributed by atoms with Crippen LogP contribution in [0.1, 0.15) is 25.8 Å². The number of ether oxygens (including phenoxy) is 1. The van der Waals surface area contributed by atoms with Crippen LogP contribution in [0, 0.1) is 5.92 Å². The Labute approximate surface area is 130 Å². The molecule has 112 valence electrons. The molecule has 4 heteroatoms. The summed E-state index contributed by atoms with van der Waals surface area (Å²) in [6.07, 6.45) is 1.25. The van der Waals surface area contributed by atoms with Gasteiger partial charge in [-0.05, 0) is 36.1 Å². The molecule has 1 aromatic rings. The van der Waals surface area contributed by atoms with Crippen LogP contribution in [0.3, 0.4) is 0 Å². The van der Waals surface area contributed by atoms with Crippen molar-refractivity contribution < 1.29 is 4.74 Å². The molecule has 1 aromatic carbocycles. The Morgan fingerprint density at radius 1 is 1.45 bits per heavy atom. The average Bonchev–Trinajstić information content (AvgIpc) is 2.41. The number of halogens is 1. The molecule has 0 aliphatic carbocycles. The molecule has 0 radical (unpaired) electrons. The maximum atomic E-state index is 5.32. The Hall–Kier alpha value is -0.580. The molecule has 1 heterocycles. The summed E-state index contributed by atoms with van der Waals surface area (Å²) in [4.78, 5) is 2.53. The van der Waals surface area contributed by atoms with Gasteiger partial charge in [0.1, 0.15) is 5.75 Å². The van der Waals surface area contributed by atoms with Gasteiger partial charge in [-0.1, -0.05) is 29.8 Å². The van der Waals surface area contributed by atoms with E-state index in [0.29, 0.717) is 6.04 Å². The smallest absolute Gasteiger partial charge is 0.119 e. The second-order valence-corrected chi connectivity index (χ2v) is 6.83. The molecule has 0 saturated carbocycles. The summed E-state index contributed by atoms with van der Waals surface area (Å²) >= 11 is 3.64. The van der Waals surface area contributed by atoms with Crippen molar-refractivity contribution in [3.8, 4) is 5.75 Å². The molecule has 1 atom stereocenters. The third-order valence-electron chi connectivity index (χ3n) is 3.74. The van der Waals surface area contributed by atoms with E-state index in [2.05, 4.69) is 52.1 Å². The third kappa shape index (κ3) is 4.47. The van der Waals surface area contributed by atoms with E-state index in [0.717, 1.165) is 42.3 Å². The zero-order valence-corrected chi connectivity index (χ0v) is 14.2. The molecule has 20 heavy (non-hydrogen) atoms. The zero-order valence-electron chi connectivity index (χ0n) is 12.7. The number of nitrogens with zero attached hydrogens (tertiary/aromatic N) is 1. The molecule has 2 rings (SSSR count). The van der Waals surface area contributed by atoms with Crippen molar-refractivity contribution in [1.29, 1.82) is 0 Å². The van der Waals surface area contributed by atoms with E-state index in [9.17, 15) is 0 Å². The first kappa shape index (κ1) is 15.8. The van der Waals surface area contributed by atoms with Crippen molar-refractivity contribution in [1.82, 2.24) is 10.2 Å². The van der Waals surface area contributed by atoms with Crippen molar-refractivity contribution in [2.24, 2.45) is 5.92 Å². The van der Waals surface area contributed by atoms with Crippen molar-refractivity contribution in [2.45, 2.75) is 32.9 Å². The Morgan fingerprint density at radius 2 is 2.25 bits per heavy atom. The lowest BCUT2D eigenvalue weighted by Gasteiger charge is -2.34. The lowest BCUT2D eigenvalue weighted by Crippen LogP contribution is -2.50. The molecule has 0 aromatic heterocycles. The van der Waals surface area contributed by atoms with Gasteiger partial charge in [0.2, 0.25) is 0 Å². The van der Waals surface area contributed by atoms with E-state index in [1.165, 1.54) is 12.0 Å². The van der Waals surface area contributed by atoms with Crippen molar-refractivity contribution in [3.63, 3.8) is 0 Å². The van der Waals surface area contributed by atoms with Gasteiger partial charge in [0.25, 0.3) is 0 Å². The van der Waals surface area contributed by atoms with Gasteiger partial charge in [-0.2, -0.15) is 0 Å². The zero-order chi connectivity index (χ0) is 14.5. The fourth-order valence-electron chi connectivity index (χ4n) is 2.80. The van der Waals surface area contributed by atoms with Crippen LogP contribution in [0.2, 0.25) is 0 Å². The molecule has 1 saturated heterocycles. The maximum absolute atomic E-state index is 5.32. The van der Waals surface area contributed by atoms with Crippen LogP contribution in [0.5, 0.6) is 5.75 Å². The lowest BCUT2D eigenvalue weighted by atomic mass is 10.0. The van der Waals surface area contributed by atoms with Crippen LogP contribution >= 0.6 is 15.9 Å². The summed E-state index contributed by atoms with van der Waals surface area (Å²) < 4.78 is 6.49. The molecule has 1 fully saturated rings. The number of hydrogen-bond donors (Lipinski definition) is 1. The van der Waals surface area contributed by atoms with Crippen LogP contribution in [0.25, 0.3) is 0 Å². The van der Waals surface area contributed by atoms with Crippen LogP contribution in [0.4, 0.5) is 0 Å². The second-order valence-electron chi connectivity index (χ2n) is 5.97. The van der Waals surface area contributed by atoms with Crippen LogP contribution in [0.15, 0.2) is 22.7 Å². The maximum Gasteiger partial charge on any atom is 0.119 e. The number of piperazine rings is 1. The van der Waals surface area contributed by atoms with E-state index in [4.69, 9.17) is 4.74 Å². The summed E-state index contributed by atoms with van der Waals surface area (Å²) in [7, 11) is 1.72. The molecule has 3 nitrogen and oxygen atoms in total. The summed E-state index contributed by atoms with van der Waals surface area (Å²) in [6.45, 7) is 8.88. The predicted molar refractivity (Wildman–Crippen MR) is 87.2 cm³/mol. The van der Waals surface area contributed by atoms with E-state index in [-0.39, 0.29) is 0 Å². The Kier molecular flexibility index (Phi) is 5.87. The first-order chi connectivity index (χ1) is 9.58. The minimum absolute atomic E-state index is 0.619. The SMILES string of the molecule is COc1ccc(Br)c(CN2CCNC(CC(C)C)C2)c1. The molecular formula is C16H25BrN2O. The van der Waals surface area contributed by atoms with Gasteiger partial charge in [-0.3, -0.25) is 4.90 Å². The fraction of sp³-hybridized carbons (Fsp3) is 0.625. The Morgan fingerprint density at radius 3 is 2.95 bits per heavy atom. The van der Waals surface area contributed by atoms with E-state index < -0.39 is 0 Å². The Balaban J connectivity index is 1.98. The minimum Gasteiger partial charge on any atom is -0.497 e. The normalized spacial score (nSPS) is 20.4. The van der Waals surface area contributed by atoms with Crippen molar-refractivity contribution in [3.05, 3.63) is 28.2 Å². The third-order valence-corrected chi connectivity index (χ3v) is 4.52. The highest BCUT2D eigenvalue weighted by molar-refractivity contribution is 9.10. The molecule has 1 aliphatic heterocycles. The lowest BCUT2D eigenvalue weighted by molar-refractivity contribution is 0.179. The topological polar surface area (TPSA) is 24.5 Å². The van der Waals surface area contributed by atoms with Crippen molar-refractivity contribution in [2.75, 3.05) is 26.7 Å². The molecule has 0 amide bonds. The van der Waals surface area contributed by atoms with Gasteiger partial charge in [0.05, 0.1) is 7.11 Å². The van der Waals surface area contributed by atoms with Gasteiger partial charge in [0, 0.05) is 36.7 Å². The monoisotopic (exact) mass is 340 g/mol. The molecule has 1 aliphatic rings. The summed E-state index contributed by atoms with van der Waals surface area (Å²) in [5, 5.41) is 3.63. The summed E-state index contributed by atoms with van der Waals surface area (Å²) in [6, 6.07) is 6.81. The molecule has 1 unspecified atom stereocenters. The van der Waals surface area contributed by atoms with Crippen LogP contribution in [-0.2, 0) is 6.54 Å². The van der Waals surface area contributed by atoms with Gasteiger partial charge in [-0.25, -0.2) is 0 Å². The van der Waals surface area contributed by atoms with E-state index in [1.54, 1.807) is 7.11 Å². The number of hydrogen-bond acceptors (Lipinski definition) is 3. The second kappa shape index (κ2) is 7.43. The number of benzene rings is 1. The highest BCUT2D eigenvalue weighted by atomic mass is 79.9. The van der Waals surface area contributed by atoms with Crippen LogP contribution < -0.4 is 10.1 Å². The average molecular weight is 341 g/mol. The van der Waals surface area contributed by atoms with E-state index in [1.807, 2.05) is 6.07 Å². The van der Waals surface area contributed by atoms with Gasteiger partial charge in [-0.15, -0.1) is 0 Å². The standard InChI is InChI=1S/C16H25BrN2O/c1-12(2)8-14-11-19(7-6-18-14)10-13-9-15(20-3)4-5-16(13)17/h4-5,9,12,14,18H,6-8,10-11H2,1-3H3. The number of nitrogens with one attached hydrogen (secondary N) is 1. The number of methoxy groups -OCH3 is 1. The fourth-order valence-corrected chi connectivity index (χ4v) is 3.18. The highest BCUT2D eigenvalue weighted by Crippen LogP contribution is 2.24. The predicted octanol–water partition coefficient (Wildman–Crippen LogP) is 3.28. The van der Waals surface area contributed by atoms with Crippen molar-refractivity contribution >= 4 is 15.9 Å². The quantitative estimate of drug-likeness (QED) is 0.890. The minimum atomic E-state index is 0.619. The van der Waals surface area contributed by atoms with Crippen LogP contribution in [-0.4, -0.2) is 37.7 Å². The molecule has 0 spiro atoms. The van der Waals surface area contributed by atoms with E-state index >= 15 is 0 Å². The highest BCUT2D eigenvalue weighted by Gasteiger charge is 2.20. The number of rotatable bonds is 5. The summed E-state index contributed by atoms with van der Waals surface area (Å²) in [5.74, 6) is 1.67. The van der Waals surface area contributed by atoms with Gasteiger partial charge >= 0.3 is 0 Å². The molecule has 0 bridgehead atoms. The van der Waals surface area contributed by atoms with Gasteiger partial charge < -0.3 is 10.1 Å².